The molecule has 6 heteroatoms. The Bertz CT molecular complexity index is 841. The number of hydrogen-bond acceptors (Lipinski definition) is 4. The molecule has 2 aromatic heterocycles. The zero-order chi connectivity index (χ0) is 17.1. The molecule has 5 nitrogen and oxygen atoms in total. The molecule has 0 aliphatic heterocycles. The summed E-state index contributed by atoms with van der Waals surface area (Å²) in [6.45, 7) is 5.23. The zero-order valence-electron chi connectivity index (χ0n) is 15.5. The van der Waals surface area contributed by atoms with Gasteiger partial charge in [0, 0.05) is 17.8 Å². The van der Waals surface area contributed by atoms with Crippen LogP contribution < -0.4 is 5.32 Å². The summed E-state index contributed by atoms with van der Waals surface area (Å²) >= 11 is 0. The molecule has 1 N–H and O–H groups in total. The predicted molar refractivity (Wildman–Crippen MR) is 108 cm³/mol. The SMILES string of the molecule is Cc1nn(C)c2nc3ccccc3c(CCNCCCN(C)C)c12.Cl. The minimum atomic E-state index is 0. The highest BCUT2D eigenvalue weighted by molar-refractivity contribution is 5.97. The number of aromatic nitrogens is 3. The third kappa shape index (κ3) is 4.29. The highest BCUT2D eigenvalue weighted by atomic mass is 35.5. The van der Waals surface area contributed by atoms with Gasteiger partial charge < -0.3 is 10.2 Å². The molecule has 3 rings (SSSR count). The van der Waals surface area contributed by atoms with Gasteiger partial charge in [0.2, 0.25) is 0 Å². The van der Waals surface area contributed by atoms with Crippen molar-refractivity contribution in [2.45, 2.75) is 19.8 Å². The number of rotatable bonds is 7. The normalized spacial score (nSPS) is 11.4. The van der Waals surface area contributed by atoms with Gasteiger partial charge >= 0.3 is 0 Å². The first kappa shape index (κ1) is 19.6. The third-order valence-corrected chi connectivity index (χ3v) is 4.46. The number of nitrogens with one attached hydrogen (secondary N) is 1. The smallest absolute Gasteiger partial charge is 0.158 e. The van der Waals surface area contributed by atoms with E-state index in [9.17, 15) is 0 Å². The van der Waals surface area contributed by atoms with Gasteiger partial charge in [0.15, 0.2) is 5.65 Å². The second-order valence-electron chi connectivity index (χ2n) is 6.67. The summed E-state index contributed by atoms with van der Waals surface area (Å²) in [4.78, 5) is 7.03. The first-order valence-corrected chi connectivity index (χ1v) is 8.64. The van der Waals surface area contributed by atoms with Crippen LogP contribution in [0.5, 0.6) is 0 Å². The molecule has 0 unspecified atom stereocenters. The van der Waals surface area contributed by atoms with Gasteiger partial charge in [-0.3, -0.25) is 4.68 Å². The van der Waals surface area contributed by atoms with Gasteiger partial charge in [-0.2, -0.15) is 5.10 Å². The van der Waals surface area contributed by atoms with Crippen LogP contribution in [0.2, 0.25) is 0 Å². The fourth-order valence-corrected chi connectivity index (χ4v) is 3.32. The van der Waals surface area contributed by atoms with Crippen LogP contribution in [-0.4, -0.2) is 53.4 Å². The number of fused-ring (bicyclic) bond motifs is 2. The Hall–Kier alpha value is -1.69. The number of halogens is 1. The molecule has 0 spiro atoms. The number of hydrogen-bond donors (Lipinski definition) is 1. The van der Waals surface area contributed by atoms with Crippen molar-refractivity contribution in [3.8, 4) is 0 Å². The number of nitrogens with zero attached hydrogens (tertiary/aromatic N) is 4. The first-order chi connectivity index (χ1) is 11.6. The lowest BCUT2D eigenvalue weighted by Crippen LogP contribution is -2.23. The lowest BCUT2D eigenvalue weighted by molar-refractivity contribution is 0.395. The summed E-state index contributed by atoms with van der Waals surface area (Å²) in [5.41, 5.74) is 4.46. The van der Waals surface area contributed by atoms with Gasteiger partial charge in [0.1, 0.15) is 0 Å². The summed E-state index contributed by atoms with van der Waals surface area (Å²) < 4.78 is 1.89. The maximum atomic E-state index is 4.81. The van der Waals surface area contributed by atoms with Crippen molar-refractivity contribution in [1.82, 2.24) is 25.0 Å². The predicted octanol–water partition coefficient (Wildman–Crippen LogP) is 2.94. The molecule has 0 atom stereocenters. The summed E-state index contributed by atoms with van der Waals surface area (Å²) in [5.74, 6) is 0. The van der Waals surface area contributed by atoms with Gasteiger partial charge in [-0.15, -0.1) is 12.4 Å². The van der Waals surface area contributed by atoms with E-state index in [1.165, 1.54) is 22.8 Å². The van der Waals surface area contributed by atoms with E-state index in [0.717, 1.165) is 42.9 Å². The Morgan fingerprint density at radius 1 is 1.16 bits per heavy atom. The van der Waals surface area contributed by atoms with Crippen molar-refractivity contribution in [1.29, 1.82) is 0 Å². The van der Waals surface area contributed by atoms with Crippen LogP contribution in [-0.2, 0) is 13.5 Å². The van der Waals surface area contributed by atoms with Crippen LogP contribution in [0.4, 0.5) is 0 Å². The molecule has 0 fully saturated rings. The topological polar surface area (TPSA) is 46.0 Å². The number of benzene rings is 1. The largest absolute Gasteiger partial charge is 0.316 e. The second kappa shape index (κ2) is 8.61. The van der Waals surface area contributed by atoms with Crippen molar-refractivity contribution in [2.24, 2.45) is 7.05 Å². The van der Waals surface area contributed by atoms with Gasteiger partial charge in [0.25, 0.3) is 0 Å². The van der Waals surface area contributed by atoms with Crippen molar-refractivity contribution in [2.75, 3.05) is 33.7 Å². The van der Waals surface area contributed by atoms with Crippen LogP contribution in [0.3, 0.4) is 0 Å². The van der Waals surface area contributed by atoms with Crippen molar-refractivity contribution >= 4 is 34.3 Å². The first-order valence-electron chi connectivity index (χ1n) is 8.64. The van der Waals surface area contributed by atoms with E-state index < -0.39 is 0 Å². The molecule has 0 aliphatic rings. The van der Waals surface area contributed by atoms with E-state index in [-0.39, 0.29) is 12.4 Å². The standard InChI is InChI=1S/C19H27N5.ClH/c1-14-18-16(10-12-20-11-7-13-23(2)3)15-8-5-6-9-17(15)21-19(18)24(4)22-14;/h5-6,8-9,20H,7,10-13H2,1-4H3;1H. The van der Waals surface area contributed by atoms with Crippen LogP contribution in [0.15, 0.2) is 24.3 Å². The molecule has 136 valence electrons. The zero-order valence-corrected chi connectivity index (χ0v) is 16.4. The fraction of sp³-hybridized carbons (Fsp3) is 0.474. The maximum absolute atomic E-state index is 4.81. The van der Waals surface area contributed by atoms with E-state index in [4.69, 9.17) is 4.98 Å². The summed E-state index contributed by atoms with van der Waals surface area (Å²) in [7, 11) is 6.20. The Morgan fingerprint density at radius 2 is 1.92 bits per heavy atom. The highest BCUT2D eigenvalue weighted by Crippen LogP contribution is 2.28. The molecule has 0 bridgehead atoms. The van der Waals surface area contributed by atoms with Crippen LogP contribution in [0.1, 0.15) is 17.7 Å². The average Bonchev–Trinajstić information content (AvgIpc) is 2.84. The molecule has 2 heterocycles. The van der Waals surface area contributed by atoms with Crippen molar-refractivity contribution < 1.29 is 0 Å². The van der Waals surface area contributed by atoms with E-state index in [0.29, 0.717) is 0 Å². The summed E-state index contributed by atoms with van der Waals surface area (Å²) in [6.07, 6.45) is 2.17. The molecule has 25 heavy (non-hydrogen) atoms. The van der Waals surface area contributed by atoms with Gasteiger partial charge in [-0.05, 0) is 65.1 Å². The molecule has 1 aromatic carbocycles. The summed E-state index contributed by atoms with van der Waals surface area (Å²) in [5, 5.41) is 10.6. The molecular formula is C19H28ClN5. The van der Waals surface area contributed by atoms with Crippen molar-refractivity contribution in [3.63, 3.8) is 0 Å². The van der Waals surface area contributed by atoms with E-state index in [2.05, 4.69) is 54.5 Å². The monoisotopic (exact) mass is 361 g/mol. The quantitative estimate of drug-likeness (QED) is 0.657. The van der Waals surface area contributed by atoms with Gasteiger partial charge in [-0.25, -0.2) is 4.98 Å². The number of pyridine rings is 1. The Morgan fingerprint density at radius 3 is 2.68 bits per heavy atom. The van der Waals surface area contributed by atoms with Crippen molar-refractivity contribution in [3.05, 3.63) is 35.5 Å². The van der Waals surface area contributed by atoms with E-state index in [1.807, 2.05) is 17.8 Å². The van der Waals surface area contributed by atoms with E-state index in [1.54, 1.807) is 0 Å². The highest BCUT2D eigenvalue weighted by Gasteiger charge is 2.14. The third-order valence-electron chi connectivity index (χ3n) is 4.46. The van der Waals surface area contributed by atoms with Crippen LogP contribution in [0, 0.1) is 6.92 Å². The molecule has 0 amide bonds. The number of para-hydroxylation sites is 1. The Labute approximate surface area is 155 Å². The molecule has 0 radical (unpaired) electrons. The number of aryl methyl sites for hydroxylation is 2. The second-order valence-corrected chi connectivity index (χ2v) is 6.67. The minimum absolute atomic E-state index is 0. The Balaban J connectivity index is 0.00000225. The molecular weight excluding hydrogens is 334 g/mol. The lowest BCUT2D eigenvalue weighted by Gasteiger charge is -2.11. The molecule has 3 aromatic rings. The average molecular weight is 362 g/mol. The maximum Gasteiger partial charge on any atom is 0.158 e. The molecule has 0 saturated heterocycles. The molecule has 0 aliphatic carbocycles. The van der Waals surface area contributed by atoms with Gasteiger partial charge in [0.05, 0.1) is 11.2 Å². The minimum Gasteiger partial charge on any atom is -0.316 e. The summed E-state index contributed by atoms with van der Waals surface area (Å²) in [6, 6.07) is 8.41. The van der Waals surface area contributed by atoms with Gasteiger partial charge in [-0.1, -0.05) is 18.2 Å². The van der Waals surface area contributed by atoms with E-state index >= 15 is 0 Å². The lowest BCUT2D eigenvalue weighted by atomic mass is 10.0. The molecule has 0 saturated carbocycles. The van der Waals surface area contributed by atoms with Crippen LogP contribution in [0.25, 0.3) is 21.9 Å². The van der Waals surface area contributed by atoms with Crippen LogP contribution >= 0.6 is 12.4 Å². The fourth-order valence-electron chi connectivity index (χ4n) is 3.32. The Kier molecular flexibility index (Phi) is 6.76.